The second kappa shape index (κ2) is 3.90. The molecule has 0 aliphatic heterocycles. The van der Waals surface area contributed by atoms with Gasteiger partial charge in [-0.3, -0.25) is 4.79 Å². The third-order valence-corrected chi connectivity index (χ3v) is 2.57. The van der Waals surface area contributed by atoms with E-state index in [0.29, 0.717) is 22.0 Å². The number of H-pyrrole nitrogens is 1. The number of nitrogens with two attached hydrogens (primary N) is 2. The number of halogens is 1. The highest BCUT2D eigenvalue weighted by molar-refractivity contribution is 6.33. The molecule has 2 rings (SSSR count). The van der Waals surface area contributed by atoms with Gasteiger partial charge in [0.05, 0.1) is 17.1 Å². The highest BCUT2D eigenvalue weighted by atomic mass is 35.5. The predicted octanol–water partition coefficient (Wildman–Crippen LogP) is 1.86. The van der Waals surface area contributed by atoms with E-state index in [9.17, 15) is 4.79 Å². The number of anilines is 2. The maximum Gasteiger partial charge on any atom is 0.271 e. The van der Waals surface area contributed by atoms with Crippen molar-refractivity contribution in [1.29, 1.82) is 0 Å². The van der Waals surface area contributed by atoms with Crippen molar-refractivity contribution in [3.05, 3.63) is 45.7 Å². The summed E-state index contributed by atoms with van der Waals surface area (Å²) < 4.78 is 0. The molecule has 0 bridgehead atoms. The molecule has 0 aliphatic carbocycles. The summed E-state index contributed by atoms with van der Waals surface area (Å²) in [6, 6.07) is 8.55. The van der Waals surface area contributed by atoms with Crippen LogP contribution in [0.3, 0.4) is 0 Å². The van der Waals surface area contributed by atoms with E-state index in [4.69, 9.17) is 23.1 Å². The van der Waals surface area contributed by atoms with Gasteiger partial charge in [0, 0.05) is 10.6 Å². The molecule has 0 aliphatic rings. The Morgan fingerprint density at radius 1 is 1.12 bits per heavy atom. The molecule has 0 fully saturated rings. The van der Waals surface area contributed by atoms with E-state index >= 15 is 0 Å². The van der Waals surface area contributed by atoms with Crippen LogP contribution in [0, 0.1) is 0 Å². The highest BCUT2D eigenvalue weighted by Gasteiger charge is 2.08. The monoisotopic (exact) mass is 235 g/mol. The van der Waals surface area contributed by atoms with Gasteiger partial charge in [-0.25, -0.2) is 0 Å². The van der Waals surface area contributed by atoms with Crippen LogP contribution in [-0.4, -0.2) is 4.98 Å². The van der Waals surface area contributed by atoms with Crippen molar-refractivity contribution < 1.29 is 0 Å². The Labute approximate surface area is 96.9 Å². The maximum atomic E-state index is 11.4. The van der Waals surface area contributed by atoms with Crippen molar-refractivity contribution in [2.45, 2.75) is 0 Å². The predicted molar refractivity (Wildman–Crippen MR) is 66.3 cm³/mol. The van der Waals surface area contributed by atoms with Crippen LogP contribution >= 0.6 is 11.6 Å². The average Bonchev–Trinajstić information content (AvgIpc) is 2.25. The van der Waals surface area contributed by atoms with Crippen LogP contribution in [0.1, 0.15) is 0 Å². The summed E-state index contributed by atoms with van der Waals surface area (Å²) >= 11 is 6.01. The SMILES string of the molecule is Nc1cc(N)c(=O)[nH]c1-c1ccccc1Cl. The van der Waals surface area contributed by atoms with Crippen molar-refractivity contribution in [2.75, 3.05) is 11.5 Å². The molecule has 16 heavy (non-hydrogen) atoms. The lowest BCUT2D eigenvalue weighted by Crippen LogP contribution is -2.13. The van der Waals surface area contributed by atoms with E-state index in [1.165, 1.54) is 6.07 Å². The van der Waals surface area contributed by atoms with Gasteiger partial charge in [-0.05, 0) is 12.1 Å². The summed E-state index contributed by atoms with van der Waals surface area (Å²) in [5.41, 5.74) is 12.5. The van der Waals surface area contributed by atoms with Gasteiger partial charge >= 0.3 is 0 Å². The molecule has 0 amide bonds. The minimum atomic E-state index is -0.371. The summed E-state index contributed by atoms with van der Waals surface area (Å²) in [4.78, 5) is 14.0. The summed E-state index contributed by atoms with van der Waals surface area (Å²) in [6.07, 6.45) is 0. The quantitative estimate of drug-likeness (QED) is 0.705. The zero-order valence-corrected chi connectivity index (χ0v) is 9.08. The first-order valence-corrected chi connectivity index (χ1v) is 5.00. The van der Waals surface area contributed by atoms with E-state index < -0.39 is 0 Å². The van der Waals surface area contributed by atoms with Crippen LogP contribution in [0.15, 0.2) is 35.1 Å². The molecular weight excluding hydrogens is 226 g/mol. The Bertz CT molecular complexity index is 592. The first kappa shape index (κ1) is 10.6. The third-order valence-electron chi connectivity index (χ3n) is 2.24. The minimum Gasteiger partial charge on any atom is -0.397 e. The second-order valence-electron chi connectivity index (χ2n) is 3.36. The zero-order valence-electron chi connectivity index (χ0n) is 8.33. The summed E-state index contributed by atoms with van der Waals surface area (Å²) in [6.45, 7) is 0. The third kappa shape index (κ3) is 1.75. The van der Waals surface area contributed by atoms with Gasteiger partial charge in [-0.15, -0.1) is 0 Å². The van der Waals surface area contributed by atoms with Crippen LogP contribution < -0.4 is 17.0 Å². The number of aromatic amines is 1. The Hall–Kier alpha value is -1.94. The molecule has 82 valence electrons. The van der Waals surface area contributed by atoms with Gasteiger partial charge in [0.25, 0.3) is 5.56 Å². The van der Waals surface area contributed by atoms with Crippen molar-refractivity contribution in [1.82, 2.24) is 4.98 Å². The highest BCUT2D eigenvalue weighted by Crippen LogP contribution is 2.29. The van der Waals surface area contributed by atoms with Crippen molar-refractivity contribution in [3.8, 4) is 11.3 Å². The van der Waals surface area contributed by atoms with Crippen LogP contribution in [0.4, 0.5) is 11.4 Å². The van der Waals surface area contributed by atoms with E-state index in [0.717, 1.165) is 0 Å². The molecule has 5 N–H and O–H groups in total. The number of hydrogen-bond donors (Lipinski definition) is 3. The fourth-order valence-electron chi connectivity index (χ4n) is 1.45. The summed E-state index contributed by atoms with van der Waals surface area (Å²) in [5.74, 6) is 0. The average molecular weight is 236 g/mol. The number of rotatable bonds is 1. The number of nitrogens with one attached hydrogen (secondary N) is 1. The van der Waals surface area contributed by atoms with Gasteiger partial charge in [0.1, 0.15) is 0 Å². The normalized spacial score (nSPS) is 10.3. The first-order valence-electron chi connectivity index (χ1n) is 4.63. The molecule has 4 nitrogen and oxygen atoms in total. The largest absolute Gasteiger partial charge is 0.397 e. The van der Waals surface area contributed by atoms with Crippen LogP contribution in [-0.2, 0) is 0 Å². The Morgan fingerprint density at radius 2 is 1.81 bits per heavy atom. The number of hydrogen-bond acceptors (Lipinski definition) is 3. The molecular formula is C11H10ClN3O. The molecule has 2 aromatic rings. The van der Waals surface area contributed by atoms with Crippen molar-refractivity contribution in [2.24, 2.45) is 0 Å². The zero-order chi connectivity index (χ0) is 11.7. The minimum absolute atomic E-state index is 0.0910. The molecule has 1 aromatic heterocycles. The number of nitrogen functional groups attached to an aromatic ring is 2. The maximum absolute atomic E-state index is 11.4. The number of pyridine rings is 1. The molecule has 0 atom stereocenters. The Balaban J connectivity index is 2.70. The molecule has 1 aromatic carbocycles. The van der Waals surface area contributed by atoms with Gasteiger partial charge in [-0.2, -0.15) is 0 Å². The first-order chi connectivity index (χ1) is 7.59. The van der Waals surface area contributed by atoms with Gasteiger partial charge in [-0.1, -0.05) is 29.8 Å². The second-order valence-corrected chi connectivity index (χ2v) is 3.77. The standard InChI is InChI=1S/C11H10ClN3O/c12-7-4-2-1-3-6(7)10-8(13)5-9(14)11(16)15-10/h1-5H,13-14H2,(H,15,16). The summed E-state index contributed by atoms with van der Waals surface area (Å²) in [7, 11) is 0. The van der Waals surface area contributed by atoms with Gasteiger partial charge < -0.3 is 16.5 Å². The topological polar surface area (TPSA) is 84.9 Å². The molecule has 0 radical (unpaired) electrons. The molecule has 0 saturated carbocycles. The number of aromatic nitrogens is 1. The van der Waals surface area contributed by atoms with Crippen LogP contribution in [0.2, 0.25) is 5.02 Å². The molecule has 1 heterocycles. The molecule has 5 heteroatoms. The molecule has 0 unspecified atom stereocenters. The van der Waals surface area contributed by atoms with Crippen molar-refractivity contribution >= 4 is 23.0 Å². The van der Waals surface area contributed by atoms with E-state index in [-0.39, 0.29) is 11.2 Å². The van der Waals surface area contributed by atoms with Gasteiger partial charge in [0.2, 0.25) is 0 Å². The van der Waals surface area contributed by atoms with Crippen LogP contribution in [0.25, 0.3) is 11.3 Å². The van der Waals surface area contributed by atoms with Crippen LogP contribution in [0.5, 0.6) is 0 Å². The Kier molecular flexibility index (Phi) is 2.58. The van der Waals surface area contributed by atoms with E-state index in [2.05, 4.69) is 4.98 Å². The lowest BCUT2D eigenvalue weighted by molar-refractivity contribution is 1.25. The fraction of sp³-hybridized carbons (Fsp3) is 0. The smallest absolute Gasteiger partial charge is 0.271 e. The lowest BCUT2D eigenvalue weighted by Gasteiger charge is -2.07. The van der Waals surface area contributed by atoms with Gasteiger partial charge in [0.15, 0.2) is 0 Å². The summed E-state index contributed by atoms with van der Waals surface area (Å²) in [5, 5.41) is 0.523. The molecule has 0 spiro atoms. The molecule has 0 saturated heterocycles. The Morgan fingerprint density at radius 3 is 2.50 bits per heavy atom. The lowest BCUT2D eigenvalue weighted by atomic mass is 10.1. The number of benzene rings is 1. The van der Waals surface area contributed by atoms with Crippen molar-refractivity contribution in [3.63, 3.8) is 0 Å². The fourth-order valence-corrected chi connectivity index (χ4v) is 1.68. The van der Waals surface area contributed by atoms with E-state index in [1.54, 1.807) is 18.2 Å². The van der Waals surface area contributed by atoms with E-state index in [1.807, 2.05) is 6.07 Å².